The number of aliphatic imine (C=N–C) groups is 1. The molecule has 2 amide bonds. The Labute approximate surface area is 271 Å². The lowest BCUT2D eigenvalue weighted by Gasteiger charge is -2.16. The maximum Gasteiger partial charge on any atom is 0.240 e. The number of halogens is 1. The van der Waals surface area contributed by atoms with Crippen LogP contribution < -0.4 is 30.2 Å². The fraction of sp³-hybridized carbons (Fsp3) is 0.257. The first kappa shape index (κ1) is 31.5. The Morgan fingerprint density at radius 1 is 0.936 bits per heavy atom. The number of carbonyl (C=O) groups excluding carboxylic acids is 2. The topological polar surface area (TPSA) is 126 Å². The molecule has 0 spiro atoms. The molecule has 2 aliphatic rings. The number of methoxy groups -OCH3 is 1. The van der Waals surface area contributed by atoms with Gasteiger partial charge in [-0.15, -0.1) is 0 Å². The van der Waals surface area contributed by atoms with E-state index in [-0.39, 0.29) is 0 Å². The van der Waals surface area contributed by atoms with E-state index in [2.05, 4.69) is 30.8 Å². The summed E-state index contributed by atoms with van der Waals surface area (Å²) in [6.45, 7) is 1.46. The average Bonchev–Trinajstić information content (AvgIpc) is 3.89. The van der Waals surface area contributed by atoms with Crippen molar-refractivity contribution in [3.8, 4) is 23.0 Å². The first-order valence-electron chi connectivity index (χ1n) is 15.2. The molecule has 1 aliphatic heterocycles. The Morgan fingerprint density at radius 3 is 2.26 bits per heavy atom. The van der Waals surface area contributed by atoms with Gasteiger partial charge in [0.25, 0.3) is 0 Å². The van der Waals surface area contributed by atoms with Gasteiger partial charge in [0.2, 0.25) is 11.8 Å². The van der Waals surface area contributed by atoms with Crippen molar-refractivity contribution in [2.45, 2.75) is 19.3 Å². The first-order chi connectivity index (χ1) is 22.7. The number of hydrogen-bond acceptors (Lipinski definition) is 9. The number of pyridine rings is 1. The van der Waals surface area contributed by atoms with Crippen LogP contribution in [0.2, 0.25) is 0 Å². The number of hydrogen-bond donors (Lipinski definition) is 3. The highest BCUT2D eigenvalue weighted by atomic mass is 19.1. The van der Waals surface area contributed by atoms with Crippen molar-refractivity contribution in [2.24, 2.45) is 10.4 Å². The minimum Gasteiger partial charge on any atom is -0.493 e. The molecule has 1 aliphatic carbocycles. The summed E-state index contributed by atoms with van der Waals surface area (Å²) in [6.07, 6.45) is 5.08. The summed E-state index contributed by atoms with van der Waals surface area (Å²) in [6, 6.07) is 17.7. The third-order valence-electron chi connectivity index (χ3n) is 7.88. The van der Waals surface area contributed by atoms with E-state index in [0.717, 1.165) is 24.2 Å². The van der Waals surface area contributed by atoms with E-state index in [1.807, 2.05) is 26.2 Å². The summed E-state index contributed by atoms with van der Waals surface area (Å²) in [7, 11) is 5.65. The SMILES string of the molecule is COc1cc2c(cc1OCCCN(C)C)Nc1nccc(Oc3ccc(NC(=O)C4(C(=O)Nc5ccc(F)cc5)CC4)cc3)c1N=C2. The number of rotatable bonds is 12. The van der Waals surface area contributed by atoms with E-state index in [4.69, 9.17) is 14.2 Å². The smallest absolute Gasteiger partial charge is 0.240 e. The van der Waals surface area contributed by atoms with E-state index in [1.54, 1.807) is 49.9 Å². The number of fused-ring (bicyclic) bond motifs is 2. The summed E-state index contributed by atoms with van der Waals surface area (Å²) in [5.41, 5.74) is 1.85. The van der Waals surface area contributed by atoms with Gasteiger partial charge >= 0.3 is 0 Å². The van der Waals surface area contributed by atoms with Gasteiger partial charge in [0.05, 0.1) is 19.4 Å². The van der Waals surface area contributed by atoms with Gasteiger partial charge in [-0.05, 0) is 88.0 Å². The Morgan fingerprint density at radius 2 is 1.62 bits per heavy atom. The fourth-order valence-electron chi connectivity index (χ4n) is 5.07. The normalized spacial score (nSPS) is 13.8. The highest BCUT2D eigenvalue weighted by Gasteiger charge is 2.56. The number of anilines is 4. The molecule has 6 rings (SSSR count). The number of benzene rings is 3. The Balaban J connectivity index is 1.11. The lowest BCUT2D eigenvalue weighted by atomic mass is 10.0. The van der Waals surface area contributed by atoms with Crippen LogP contribution >= 0.6 is 0 Å². The van der Waals surface area contributed by atoms with Crippen LogP contribution in [0.4, 0.5) is 33.0 Å². The second-order valence-electron chi connectivity index (χ2n) is 11.6. The van der Waals surface area contributed by atoms with Crippen LogP contribution in [0, 0.1) is 11.2 Å². The Hall–Kier alpha value is -5.49. The zero-order chi connectivity index (χ0) is 33.0. The molecule has 0 atom stereocenters. The van der Waals surface area contributed by atoms with E-state index in [1.165, 1.54) is 24.3 Å². The van der Waals surface area contributed by atoms with E-state index in [0.29, 0.717) is 65.3 Å². The van der Waals surface area contributed by atoms with Gasteiger partial charge < -0.3 is 35.1 Å². The molecule has 0 unspecified atom stereocenters. The Bertz CT molecular complexity index is 1810. The van der Waals surface area contributed by atoms with Crippen LogP contribution in [0.3, 0.4) is 0 Å². The van der Waals surface area contributed by atoms with Crippen LogP contribution in [-0.4, -0.2) is 62.3 Å². The number of carbonyl (C=O) groups is 2. The summed E-state index contributed by atoms with van der Waals surface area (Å²) < 4.78 is 31.0. The zero-order valence-electron chi connectivity index (χ0n) is 26.3. The van der Waals surface area contributed by atoms with Crippen LogP contribution in [-0.2, 0) is 9.59 Å². The minimum absolute atomic E-state index is 0.399. The summed E-state index contributed by atoms with van der Waals surface area (Å²) >= 11 is 0. The standard InChI is InChI=1S/C35H35FN6O5/c1-42(2)17-4-18-46-30-20-27-22(19-29(30)45-3)21-38-31-28(13-16-37-32(31)41-27)47-26-11-9-25(10-12-26)40-34(44)35(14-15-35)33(43)39-24-7-5-23(36)6-8-24/h5-13,16,19-21H,4,14-15,17-18H2,1-3H3,(H,37,41)(H,39,43)(H,40,44). The highest BCUT2D eigenvalue weighted by Crippen LogP contribution is 2.48. The molecule has 4 aromatic rings. The summed E-state index contributed by atoms with van der Waals surface area (Å²) in [5, 5.41) is 8.89. The van der Waals surface area contributed by atoms with Gasteiger partial charge in [-0.2, -0.15) is 0 Å². The number of amides is 2. The third-order valence-corrected chi connectivity index (χ3v) is 7.88. The molecule has 0 saturated heterocycles. The molecule has 47 heavy (non-hydrogen) atoms. The van der Waals surface area contributed by atoms with Gasteiger partial charge in [0, 0.05) is 48.0 Å². The summed E-state index contributed by atoms with van der Waals surface area (Å²) in [4.78, 5) is 37.2. The molecule has 2 heterocycles. The van der Waals surface area contributed by atoms with Crippen molar-refractivity contribution < 1.29 is 28.2 Å². The van der Waals surface area contributed by atoms with Crippen molar-refractivity contribution in [3.05, 3.63) is 84.3 Å². The predicted octanol–water partition coefficient (Wildman–Crippen LogP) is 6.52. The van der Waals surface area contributed by atoms with Gasteiger partial charge in [-0.1, -0.05) is 0 Å². The van der Waals surface area contributed by atoms with Crippen molar-refractivity contribution >= 4 is 46.6 Å². The quantitative estimate of drug-likeness (QED) is 0.104. The minimum atomic E-state index is -1.16. The molecule has 1 fully saturated rings. The fourth-order valence-corrected chi connectivity index (χ4v) is 5.07. The van der Waals surface area contributed by atoms with E-state index in [9.17, 15) is 14.0 Å². The number of aromatic nitrogens is 1. The van der Waals surface area contributed by atoms with E-state index >= 15 is 0 Å². The lowest BCUT2D eigenvalue weighted by molar-refractivity contribution is -0.131. The second-order valence-corrected chi connectivity index (χ2v) is 11.6. The number of ether oxygens (including phenoxy) is 3. The van der Waals surface area contributed by atoms with Crippen LogP contribution in [0.15, 0.2) is 77.9 Å². The average molecular weight is 639 g/mol. The second kappa shape index (κ2) is 13.5. The summed E-state index contributed by atoms with van der Waals surface area (Å²) in [5.74, 6) is 1.50. The lowest BCUT2D eigenvalue weighted by Crippen LogP contribution is -2.35. The maximum atomic E-state index is 13.2. The molecular formula is C35H35FN6O5. The number of nitrogens with one attached hydrogen (secondary N) is 3. The molecular weight excluding hydrogens is 603 g/mol. The molecule has 3 aromatic carbocycles. The maximum absolute atomic E-state index is 13.2. The Kier molecular flexibility index (Phi) is 9.03. The van der Waals surface area contributed by atoms with Crippen LogP contribution in [0.1, 0.15) is 24.8 Å². The van der Waals surface area contributed by atoms with Crippen molar-refractivity contribution in [2.75, 3.05) is 50.3 Å². The molecule has 1 saturated carbocycles. The van der Waals surface area contributed by atoms with Crippen molar-refractivity contribution in [3.63, 3.8) is 0 Å². The van der Waals surface area contributed by atoms with Gasteiger partial charge in [-0.3, -0.25) is 9.59 Å². The first-order valence-corrected chi connectivity index (χ1v) is 15.2. The molecule has 0 bridgehead atoms. The monoisotopic (exact) mass is 638 g/mol. The van der Waals surface area contributed by atoms with Crippen molar-refractivity contribution in [1.82, 2.24) is 9.88 Å². The predicted molar refractivity (Wildman–Crippen MR) is 178 cm³/mol. The van der Waals surface area contributed by atoms with Gasteiger partial charge in [-0.25, -0.2) is 14.4 Å². The van der Waals surface area contributed by atoms with E-state index < -0.39 is 23.0 Å². The zero-order valence-corrected chi connectivity index (χ0v) is 26.3. The van der Waals surface area contributed by atoms with Crippen molar-refractivity contribution in [1.29, 1.82) is 0 Å². The molecule has 1 aromatic heterocycles. The highest BCUT2D eigenvalue weighted by molar-refractivity contribution is 6.16. The largest absolute Gasteiger partial charge is 0.493 e. The molecule has 12 heteroatoms. The van der Waals surface area contributed by atoms with Gasteiger partial charge in [0.15, 0.2) is 23.1 Å². The molecule has 3 N–H and O–H groups in total. The van der Waals surface area contributed by atoms with Gasteiger partial charge in [0.1, 0.15) is 22.7 Å². The third kappa shape index (κ3) is 7.17. The molecule has 242 valence electrons. The molecule has 11 nitrogen and oxygen atoms in total. The molecule has 0 radical (unpaired) electrons. The number of nitrogens with zero attached hydrogens (tertiary/aromatic N) is 3. The van der Waals surface area contributed by atoms with Crippen LogP contribution in [0.5, 0.6) is 23.0 Å². The van der Waals surface area contributed by atoms with Crippen LogP contribution in [0.25, 0.3) is 0 Å².